The summed E-state index contributed by atoms with van der Waals surface area (Å²) in [7, 11) is 0. The van der Waals surface area contributed by atoms with Crippen molar-refractivity contribution in [1.29, 1.82) is 0 Å². The maximum Gasteiger partial charge on any atom is 0.144 e. The first kappa shape index (κ1) is 28.4. The summed E-state index contributed by atoms with van der Waals surface area (Å²) in [4.78, 5) is 2.40. The van der Waals surface area contributed by atoms with Crippen molar-refractivity contribution >= 4 is 103 Å². The standard InChI is InChI=1S/C48H29NOS/c1-2-11-34-28-35(17-16-30(34)8-1)31-18-21-36(22-19-31)49(43-15-7-12-32-9-3-5-13-38(32)43)37-23-25-42-45(29-37)51-44-27-26-41-40-24-20-33-10-4-6-14-39(33)47(40)50-48(41)46(42)44/h1-29H. The average Bonchev–Trinajstić information content (AvgIpc) is 3.76. The summed E-state index contributed by atoms with van der Waals surface area (Å²) in [5.74, 6) is 0. The van der Waals surface area contributed by atoms with Gasteiger partial charge in [-0.2, -0.15) is 0 Å². The van der Waals surface area contributed by atoms with Crippen LogP contribution in [0.4, 0.5) is 17.1 Å². The number of thiophene rings is 1. The van der Waals surface area contributed by atoms with Crippen LogP contribution in [0.3, 0.4) is 0 Å². The third-order valence-corrected chi connectivity index (χ3v) is 11.5. The maximum atomic E-state index is 6.78. The molecule has 2 aromatic heterocycles. The van der Waals surface area contributed by atoms with E-state index in [1.807, 2.05) is 11.3 Å². The van der Waals surface area contributed by atoms with Gasteiger partial charge in [-0.1, -0.05) is 121 Å². The van der Waals surface area contributed by atoms with Crippen molar-refractivity contribution in [2.45, 2.75) is 0 Å². The van der Waals surface area contributed by atoms with Crippen LogP contribution in [0.25, 0.3) is 85.6 Å². The normalized spacial score (nSPS) is 11.9. The molecule has 0 saturated heterocycles. The molecular weight excluding hydrogens is 639 g/mol. The molecule has 9 aromatic carbocycles. The van der Waals surface area contributed by atoms with Crippen LogP contribution < -0.4 is 4.90 Å². The van der Waals surface area contributed by atoms with Crippen LogP contribution in [0.1, 0.15) is 0 Å². The third kappa shape index (κ3) is 4.42. The molecule has 0 fully saturated rings. The zero-order valence-electron chi connectivity index (χ0n) is 27.5. The Kier molecular flexibility index (Phi) is 6.16. The zero-order chi connectivity index (χ0) is 33.5. The number of anilines is 3. The van der Waals surface area contributed by atoms with Crippen molar-refractivity contribution in [2.75, 3.05) is 4.90 Å². The second kappa shape index (κ2) is 11.0. The summed E-state index contributed by atoms with van der Waals surface area (Å²) in [5.41, 5.74) is 7.73. The van der Waals surface area contributed by atoms with Crippen LogP contribution in [0.15, 0.2) is 180 Å². The lowest BCUT2D eigenvalue weighted by atomic mass is 10.0. The van der Waals surface area contributed by atoms with Crippen LogP contribution in [0.5, 0.6) is 0 Å². The van der Waals surface area contributed by atoms with Gasteiger partial charge >= 0.3 is 0 Å². The van der Waals surface area contributed by atoms with Gasteiger partial charge in [0.25, 0.3) is 0 Å². The van der Waals surface area contributed by atoms with Gasteiger partial charge < -0.3 is 9.32 Å². The zero-order valence-corrected chi connectivity index (χ0v) is 28.3. The summed E-state index contributed by atoms with van der Waals surface area (Å²) in [5, 5.41) is 12.0. The Labute approximate surface area is 298 Å². The molecule has 3 heteroatoms. The van der Waals surface area contributed by atoms with Crippen LogP contribution in [0, 0.1) is 0 Å². The fourth-order valence-electron chi connectivity index (χ4n) is 7.95. The highest BCUT2D eigenvalue weighted by Crippen LogP contribution is 2.46. The van der Waals surface area contributed by atoms with Gasteiger partial charge in [0.1, 0.15) is 11.2 Å². The lowest BCUT2D eigenvalue weighted by Crippen LogP contribution is -2.10. The van der Waals surface area contributed by atoms with E-state index in [1.54, 1.807) is 0 Å². The van der Waals surface area contributed by atoms with Crippen LogP contribution >= 0.6 is 11.3 Å². The van der Waals surface area contributed by atoms with E-state index in [9.17, 15) is 0 Å². The molecule has 2 heterocycles. The molecule has 0 radical (unpaired) electrons. The Bertz CT molecular complexity index is 3140. The van der Waals surface area contributed by atoms with E-state index in [-0.39, 0.29) is 0 Å². The van der Waals surface area contributed by atoms with Gasteiger partial charge in [0.05, 0.1) is 5.69 Å². The minimum absolute atomic E-state index is 0.959. The number of furan rings is 1. The monoisotopic (exact) mass is 667 g/mol. The number of benzene rings is 9. The van der Waals surface area contributed by atoms with Crippen molar-refractivity contribution in [3.05, 3.63) is 176 Å². The Morgan fingerprint density at radius 2 is 1.00 bits per heavy atom. The molecule has 0 aliphatic heterocycles. The second-order valence-corrected chi connectivity index (χ2v) is 14.4. The first-order valence-electron chi connectivity index (χ1n) is 17.3. The van der Waals surface area contributed by atoms with E-state index in [2.05, 4.69) is 181 Å². The minimum Gasteiger partial charge on any atom is -0.455 e. The van der Waals surface area contributed by atoms with Gasteiger partial charge in [0.2, 0.25) is 0 Å². The maximum absolute atomic E-state index is 6.78. The highest BCUT2D eigenvalue weighted by atomic mass is 32.1. The highest BCUT2D eigenvalue weighted by Gasteiger charge is 2.20. The van der Waals surface area contributed by atoms with Crippen molar-refractivity contribution < 1.29 is 4.42 Å². The Hall–Kier alpha value is -6.42. The molecule has 0 saturated carbocycles. The van der Waals surface area contributed by atoms with Crippen LogP contribution in [-0.2, 0) is 0 Å². The van der Waals surface area contributed by atoms with E-state index >= 15 is 0 Å². The van der Waals surface area contributed by atoms with Crippen LogP contribution in [-0.4, -0.2) is 0 Å². The third-order valence-electron chi connectivity index (χ3n) is 10.4. The molecule has 0 atom stereocenters. The molecular formula is C48H29NOS. The quantitative estimate of drug-likeness (QED) is 0.186. The molecule has 0 aliphatic carbocycles. The van der Waals surface area contributed by atoms with Gasteiger partial charge in [0, 0.05) is 53.1 Å². The minimum atomic E-state index is 0.959. The SMILES string of the molecule is c1ccc2cc(-c3ccc(N(c4ccc5c(c4)sc4ccc6c7ccc8ccccc8c7oc6c45)c4cccc5ccccc45)cc3)ccc2c1. The molecule has 0 bridgehead atoms. The summed E-state index contributed by atoms with van der Waals surface area (Å²) in [6, 6.07) is 63.8. The van der Waals surface area contributed by atoms with Crippen molar-refractivity contribution in [1.82, 2.24) is 0 Å². The number of rotatable bonds is 4. The van der Waals surface area contributed by atoms with Crippen molar-refractivity contribution in [2.24, 2.45) is 0 Å². The fourth-order valence-corrected chi connectivity index (χ4v) is 9.09. The molecule has 11 rings (SSSR count). The predicted octanol–water partition coefficient (Wildman–Crippen LogP) is 14.6. The van der Waals surface area contributed by atoms with Gasteiger partial charge in [-0.3, -0.25) is 0 Å². The molecule has 0 aliphatic rings. The Morgan fingerprint density at radius 1 is 0.373 bits per heavy atom. The second-order valence-electron chi connectivity index (χ2n) is 13.3. The van der Waals surface area contributed by atoms with E-state index in [0.717, 1.165) is 44.4 Å². The average molecular weight is 668 g/mol. The van der Waals surface area contributed by atoms with Gasteiger partial charge in [0.15, 0.2) is 0 Å². The van der Waals surface area contributed by atoms with Crippen LogP contribution in [0.2, 0.25) is 0 Å². The molecule has 0 unspecified atom stereocenters. The largest absolute Gasteiger partial charge is 0.455 e. The van der Waals surface area contributed by atoms with Crippen molar-refractivity contribution in [3.8, 4) is 11.1 Å². The fraction of sp³-hybridized carbons (Fsp3) is 0. The molecule has 11 aromatic rings. The first-order valence-corrected chi connectivity index (χ1v) is 18.1. The molecule has 51 heavy (non-hydrogen) atoms. The summed E-state index contributed by atoms with van der Waals surface area (Å²) < 4.78 is 9.24. The Morgan fingerprint density at radius 3 is 1.86 bits per heavy atom. The predicted molar refractivity (Wildman–Crippen MR) is 219 cm³/mol. The number of nitrogens with zero attached hydrogens (tertiary/aromatic N) is 1. The van der Waals surface area contributed by atoms with Crippen molar-refractivity contribution in [3.63, 3.8) is 0 Å². The highest BCUT2D eigenvalue weighted by molar-refractivity contribution is 7.26. The number of hydrogen-bond acceptors (Lipinski definition) is 3. The molecule has 238 valence electrons. The molecule has 0 amide bonds. The Balaban J connectivity index is 1.09. The van der Waals surface area contributed by atoms with E-state index < -0.39 is 0 Å². The number of fused-ring (bicyclic) bond motifs is 11. The lowest BCUT2D eigenvalue weighted by Gasteiger charge is -2.27. The first-order chi connectivity index (χ1) is 25.3. The van der Waals surface area contributed by atoms with E-state index in [4.69, 9.17) is 4.42 Å². The smallest absolute Gasteiger partial charge is 0.144 e. The summed E-state index contributed by atoms with van der Waals surface area (Å²) >= 11 is 1.83. The molecule has 0 spiro atoms. The number of hydrogen-bond donors (Lipinski definition) is 0. The molecule has 0 N–H and O–H groups in total. The summed E-state index contributed by atoms with van der Waals surface area (Å²) in [6.45, 7) is 0. The van der Waals surface area contributed by atoms with Gasteiger partial charge in [-0.15, -0.1) is 11.3 Å². The van der Waals surface area contributed by atoms with E-state index in [0.29, 0.717) is 0 Å². The van der Waals surface area contributed by atoms with Gasteiger partial charge in [-0.05, 0) is 87.3 Å². The molecule has 2 nitrogen and oxygen atoms in total. The topological polar surface area (TPSA) is 16.4 Å². The lowest BCUT2D eigenvalue weighted by molar-refractivity contribution is 0.677. The van der Waals surface area contributed by atoms with Gasteiger partial charge in [-0.25, -0.2) is 0 Å². The summed E-state index contributed by atoms with van der Waals surface area (Å²) in [6.07, 6.45) is 0. The van der Waals surface area contributed by atoms with E-state index in [1.165, 1.54) is 58.2 Å².